The predicted molar refractivity (Wildman–Crippen MR) is 151 cm³/mol. The van der Waals surface area contributed by atoms with Crippen LogP contribution in [-0.4, -0.2) is 52.6 Å². The number of nitrogens with two attached hydrogens (primary N) is 3. The van der Waals surface area contributed by atoms with Crippen molar-refractivity contribution in [3.8, 4) is 0 Å². The number of hydrogen-bond acceptors (Lipinski definition) is 10. The zero-order valence-corrected chi connectivity index (χ0v) is 21.9. The predicted octanol–water partition coefficient (Wildman–Crippen LogP) is -0.218. The number of rotatable bonds is 17. The molecule has 1 heterocycles. The van der Waals surface area contributed by atoms with E-state index in [2.05, 4.69) is 39.2 Å². The minimum atomic E-state index is -0.937. The van der Waals surface area contributed by atoms with E-state index in [9.17, 15) is 14.4 Å². The summed E-state index contributed by atoms with van der Waals surface area (Å²) in [5, 5.41) is 3.42. The third kappa shape index (κ3) is 8.55. The van der Waals surface area contributed by atoms with Crippen molar-refractivity contribution in [2.75, 3.05) is 6.54 Å². The third-order valence-corrected chi connectivity index (χ3v) is 6.55. The van der Waals surface area contributed by atoms with Crippen LogP contribution in [0.15, 0.2) is 60.8 Å². The number of nitrogens with one attached hydrogen (secondary N) is 5. The van der Waals surface area contributed by atoms with E-state index in [0.717, 1.165) is 22.0 Å². The number of H-pyrrole nitrogens is 1. The first kappa shape index (κ1) is 29.6. The molecule has 0 unspecified atom stereocenters. The van der Waals surface area contributed by atoms with Gasteiger partial charge in [-0.05, 0) is 49.4 Å². The van der Waals surface area contributed by atoms with Crippen molar-refractivity contribution in [2.45, 2.75) is 50.1 Å². The Morgan fingerprint density at radius 3 is 2.21 bits per heavy atom. The summed E-state index contributed by atoms with van der Waals surface area (Å²) < 4.78 is 0. The fourth-order valence-electron chi connectivity index (χ4n) is 4.19. The van der Waals surface area contributed by atoms with Gasteiger partial charge in [-0.25, -0.2) is 16.3 Å². The maximum Gasteiger partial charge on any atom is 0.218 e. The number of hydrogen-bond donors (Lipinski definition) is 9. The molecule has 0 radical (unpaired) electrons. The fourth-order valence-corrected chi connectivity index (χ4v) is 4.34. The Morgan fingerprint density at radius 2 is 1.53 bits per heavy atom. The second kappa shape index (κ2) is 14.9. The number of Topliss-reactive ketones (excluding diaryl/α,β-unsaturated/α-hetero) is 2. The molecule has 3 atom stereocenters. The Morgan fingerprint density at radius 1 is 0.868 bits per heavy atom. The molecule has 204 valence electrons. The number of hydrazine groups is 2. The van der Waals surface area contributed by atoms with Gasteiger partial charge in [0.15, 0.2) is 0 Å². The summed E-state index contributed by atoms with van der Waals surface area (Å²) in [6.45, 7) is 0.435. The molecule has 0 spiro atoms. The molecular formula is C26H36N8O3S. The van der Waals surface area contributed by atoms with Crippen molar-refractivity contribution in [3.05, 3.63) is 71.9 Å². The molecule has 0 aliphatic rings. The number of benzene rings is 2. The van der Waals surface area contributed by atoms with Gasteiger partial charge in [0, 0.05) is 17.1 Å². The fraction of sp³-hybridized carbons (Fsp3) is 0.346. The van der Waals surface area contributed by atoms with Gasteiger partial charge in [0.1, 0.15) is 6.29 Å². The number of carbonyl (C=O) groups excluding carboxylic acids is 3. The lowest BCUT2D eigenvalue weighted by Gasteiger charge is -2.24. The lowest BCUT2D eigenvalue weighted by Crippen LogP contribution is -2.56. The molecule has 0 amide bonds. The summed E-state index contributed by atoms with van der Waals surface area (Å²) in [6, 6.07) is 14.5. The topological polar surface area (TPSA) is 193 Å². The van der Waals surface area contributed by atoms with Crippen LogP contribution in [0.2, 0.25) is 0 Å². The third-order valence-electron chi connectivity index (χ3n) is 6.24. The van der Waals surface area contributed by atoms with Crippen molar-refractivity contribution in [2.24, 2.45) is 17.3 Å². The highest BCUT2D eigenvalue weighted by Gasteiger charge is 2.32. The van der Waals surface area contributed by atoms with Crippen LogP contribution in [0.4, 0.5) is 0 Å². The first-order valence-electron chi connectivity index (χ1n) is 12.4. The average molecular weight is 541 g/mol. The van der Waals surface area contributed by atoms with Crippen LogP contribution in [0.25, 0.3) is 10.9 Å². The van der Waals surface area contributed by atoms with E-state index < -0.39 is 41.1 Å². The molecule has 11 nitrogen and oxygen atoms in total. The van der Waals surface area contributed by atoms with Crippen LogP contribution in [0, 0.1) is 0 Å². The monoisotopic (exact) mass is 540 g/mol. The van der Waals surface area contributed by atoms with Gasteiger partial charge in [0.2, 0.25) is 16.7 Å². The maximum absolute atomic E-state index is 13.4. The smallest absolute Gasteiger partial charge is 0.218 e. The second-order valence-corrected chi connectivity index (χ2v) is 9.50. The lowest BCUT2D eigenvalue weighted by molar-refractivity contribution is -0.139. The largest absolute Gasteiger partial charge is 0.361 e. The number of thiol groups is 1. The summed E-state index contributed by atoms with van der Waals surface area (Å²) >= 11 is 3.99. The number of aromatic nitrogens is 1. The Balaban J connectivity index is 1.71. The van der Waals surface area contributed by atoms with Crippen LogP contribution in [0.1, 0.15) is 24.0 Å². The molecule has 3 aromatic rings. The highest BCUT2D eigenvalue weighted by atomic mass is 32.1. The highest BCUT2D eigenvalue weighted by Crippen LogP contribution is 2.19. The first-order chi connectivity index (χ1) is 18.3. The molecule has 1 aromatic heterocycles. The Labute approximate surface area is 227 Å². The normalized spacial score (nSPS) is 13.9. The molecule has 0 saturated heterocycles. The highest BCUT2D eigenvalue weighted by molar-refractivity contribution is 7.96. The lowest BCUT2D eigenvalue weighted by atomic mass is 9.95. The Hall–Kier alpha value is -2.94. The van der Waals surface area contributed by atoms with Gasteiger partial charge in [-0.2, -0.15) is 0 Å². The van der Waals surface area contributed by atoms with Gasteiger partial charge in [0.05, 0.1) is 18.1 Å². The SMILES string of the molecule is NN[C@@H](Cc1c[nH]c2ccccc12)C(=O)C(=O)[C@H](CCCNC(N)N)NN[C@@H](Cc1ccccc1)C(=O)S. The van der Waals surface area contributed by atoms with Crippen LogP contribution in [0.5, 0.6) is 0 Å². The molecule has 0 aliphatic carbocycles. The second-order valence-electron chi connectivity index (χ2n) is 9.06. The van der Waals surface area contributed by atoms with Crippen LogP contribution in [-0.2, 0) is 27.2 Å². The standard InChI is InChI=1S/C26H36N8O3S/c27-26(28)30-12-6-11-20(33-34-22(25(37)38)13-16-7-2-1-3-8-16)23(35)24(36)21(32-29)14-17-15-31-19-10-5-4-9-18(17)19/h1-5,7-10,15,20-22,26,30-34H,6,11-14,27-29H2,(H,37,38)/t20-,21-,22-/m0/s1. The van der Waals surface area contributed by atoms with Crippen molar-refractivity contribution < 1.29 is 14.4 Å². The first-order valence-corrected chi connectivity index (χ1v) is 12.9. The quantitative estimate of drug-likeness (QED) is 0.0276. The Bertz CT molecular complexity index is 1200. The summed E-state index contributed by atoms with van der Waals surface area (Å²) in [4.78, 5) is 42.0. The summed E-state index contributed by atoms with van der Waals surface area (Å²) in [6.07, 6.45) is 2.45. The molecule has 11 N–H and O–H groups in total. The summed E-state index contributed by atoms with van der Waals surface area (Å²) in [5.41, 5.74) is 22.1. The van der Waals surface area contributed by atoms with E-state index in [1.165, 1.54) is 0 Å². The number of carbonyl (C=O) groups is 3. The van der Waals surface area contributed by atoms with Gasteiger partial charge >= 0.3 is 0 Å². The maximum atomic E-state index is 13.4. The van der Waals surface area contributed by atoms with E-state index in [0.29, 0.717) is 19.4 Å². The van der Waals surface area contributed by atoms with Gasteiger partial charge in [-0.3, -0.25) is 25.5 Å². The molecular weight excluding hydrogens is 504 g/mol. The summed E-state index contributed by atoms with van der Waals surface area (Å²) in [7, 11) is 0. The van der Waals surface area contributed by atoms with Crippen molar-refractivity contribution >= 4 is 40.2 Å². The van der Waals surface area contributed by atoms with Crippen LogP contribution >= 0.6 is 12.6 Å². The Kier molecular flexibility index (Phi) is 11.6. The van der Waals surface area contributed by atoms with E-state index in [-0.39, 0.29) is 12.8 Å². The molecule has 0 saturated carbocycles. The molecule has 2 aromatic carbocycles. The molecule has 0 bridgehead atoms. The molecule has 0 aliphatic heterocycles. The minimum Gasteiger partial charge on any atom is -0.361 e. The van der Waals surface area contributed by atoms with Gasteiger partial charge in [-0.1, -0.05) is 48.5 Å². The van der Waals surface area contributed by atoms with Crippen molar-refractivity contribution in [3.63, 3.8) is 0 Å². The van der Waals surface area contributed by atoms with E-state index in [1.54, 1.807) is 6.20 Å². The number of para-hydroxylation sites is 1. The minimum absolute atomic E-state index is 0.223. The summed E-state index contributed by atoms with van der Waals surface area (Å²) in [5.74, 6) is 4.38. The van der Waals surface area contributed by atoms with E-state index in [4.69, 9.17) is 17.3 Å². The number of fused-ring (bicyclic) bond motifs is 1. The molecule has 12 heteroatoms. The molecule has 0 fully saturated rings. The van der Waals surface area contributed by atoms with Gasteiger partial charge in [0.25, 0.3) is 0 Å². The van der Waals surface area contributed by atoms with E-state index >= 15 is 0 Å². The zero-order chi connectivity index (χ0) is 27.5. The average Bonchev–Trinajstić information content (AvgIpc) is 3.32. The van der Waals surface area contributed by atoms with Crippen molar-refractivity contribution in [1.82, 2.24) is 26.6 Å². The van der Waals surface area contributed by atoms with E-state index in [1.807, 2.05) is 54.6 Å². The molecule has 38 heavy (non-hydrogen) atoms. The van der Waals surface area contributed by atoms with Crippen molar-refractivity contribution in [1.29, 1.82) is 0 Å². The number of aromatic amines is 1. The van der Waals surface area contributed by atoms with Gasteiger partial charge < -0.3 is 16.5 Å². The zero-order valence-electron chi connectivity index (χ0n) is 21.0. The van der Waals surface area contributed by atoms with Crippen LogP contribution < -0.4 is 38.9 Å². The van der Waals surface area contributed by atoms with Gasteiger partial charge in [-0.15, -0.1) is 12.6 Å². The number of ketones is 2. The van der Waals surface area contributed by atoms with Crippen LogP contribution in [0.3, 0.4) is 0 Å². The molecule has 3 rings (SSSR count).